The highest BCUT2D eigenvalue weighted by Crippen LogP contribution is 2.17. The molecule has 0 spiro atoms. The van der Waals surface area contributed by atoms with Gasteiger partial charge in [0.05, 0.1) is 11.2 Å². The summed E-state index contributed by atoms with van der Waals surface area (Å²) in [6, 6.07) is 20.8. The van der Waals surface area contributed by atoms with Gasteiger partial charge in [0, 0.05) is 36.7 Å². The molecule has 0 saturated carbocycles. The van der Waals surface area contributed by atoms with E-state index in [-0.39, 0.29) is 10.8 Å². The van der Waals surface area contributed by atoms with Gasteiger partial charge in [0.25, 0.3) is 15.9 Å². The standard InChI is InChI=1S/C25H24N4O3S/c1-19-6-10-23(11-7-19)28-33(31,32)24-12-8-20(9-13-24)25(30)27-16-21-4-2-3-5-22(21)17-29-15-14-26-18-29/h2-15,18,28H,16-17H2,1H3,(H,27,30). The normalized spacial score (nSPS) is 11.2. The Morgan fingerprint density at radius 2 is 1.64 bits per heavy atom. The molecule has 0 aliphatic heterocycles. The summed E-state index contributed by atoms with van der Waals surface area (Å²) in [4.78, 5) is 16.8. The molecule has 3 aromatic carbocycles. The first-order chi connectivity index (χ1) is 15.9. The molecule has 168 valence electrons. The number of rotatable bonds is 8. The van der Waals surface area contributed by atoms with E-state index in [4.69, 9.17) is 0 Å². The fraction of sp³-hybridized carbons (Fsp3) is 0.120. The summed E-state index contributed by atoms with van der Waals surface area (Å²) in [6.07, 6.45) is 5.36. The summed E-state index contributed by atoms with van der Waals surface area (Å²) in [7, 11) is -3.74. The molecule has 0 aliphatic rings. The molecule has 0 atom stereocenters. The number of sulfonamides is 1. The van der Waals surface area contributed by atoms with Gasteiger partial charge >= 0.3 is 0 Å². The highest BCUT2D eigenvalue weighted by atomic mass is 32.2. The summed E-state index contributed by atoms with van der Waals surface area (Å²) in [5, 5.41) is 2.91. The molecule has 0 radical (unpaired) electrons. The number of carbonyl (C=O) groups is 1. The van der Waals surface area contributed by atoms with E-state index in [1.165, 1.54) is 24.3 Å². The second-order valence-electron chi connectivity index (χ2n) is 7.68. The third-order valence-electron chi connectivity index (χ3n) is 5.20. The topological polar surface area (TPSA) is 93.1 Å². The Morgan fingerprint density at radius 1 is 0.939 bits per heavy atom. The zero-order valence-electron chi connectivity index (χ0n) is 18.1. The zero-order valence-corrected chi connectivity index (χ0v) is 18.9. The van der Waals surface area contributed by atoms with E-state index in [1.54, 1.807) is 24.7 Å². The van der Waals surface area contributed by atoms with Gasteiger partial charge in [0.1, 0.15) is 0 Å². The quantitative estimate of drug-likeness (QED) is 0.416. The van der Waals surface area contributed by atoms with Gasteiger partial charge in [-0.1, -0.05) is 42.0 Å². The summed E-state index contributed by atoms with van der Waals surface area (Å²) in [5.74, 6) is -0.275. The Bertz CT molecular complexity index is 1330. The Labute approximate surface area is 193 Å². The lowest BCUT2D eigenvalue weighted by atomic mass is 10.1. The lowest BCUT2D eigenvalue weighted by Gasteiger charge is -2.12. The van der Waals surface area contributed by atoms with E-state index in [0.717, 1.165) is 16.7 Å². The maximum absolute atomic E-state index is 12.6. The summed E-state index contributed by atoms with van der Waals surface area (Å²) in [6.45, 7) is 2.95. The lowest BCUT2D eigenvalue weighted by molar-refractivity contribution is 0.0950. The van der Waals surface area contributed by atoms with E-state index in [0.29, 0.717) is 24.3 Å². The predicted octanol–water partition coefficient (Wildman–Crippen LogP) is 3.97. The van der Waals surface area contributed by atoms with Crippen molar-refractivity contribution in [2.45, 2.75) is 24.9 Å². The smallest absolute Gasteiger partial charge is 0.261 e. The van der Waals surface area contributed by atoms with Crippen LogP contribution < -0.4 is 10.0 Å². The third-order valence-corrected chi connectivity index (χ3v) is 6.60. The van der Waals surface area contributed by atoms with Crippen LogP contribution in [0.1, 0.15) is 27.0 Å². The predicted molar refractivity (Wildman–Crippen MR) is 127 cm³/mol. The summed E-state index contributed by atoms with van der Waals surface area (Å²) in [5.41, 5.74) is 3.99. The minimum Gasteiger partial charge on any atom is -0.348 e. The largest absolute Gasteiger partial charge is 0.348 e. The molecule has 4 rings (SSSR count). The van der Waals surface area contributed by atoms with Crippen LogP contribution in [0.5, 0.6) is 0 Å². The SMILES string of the molecule is Cc1ccc(NS(=O)(=O)c2ccc(C(=O)NCc3ccccc3Cn3ccnc3)cc2)cc1. The van der Waals surface area contributed by atoms with Crippen LogP contribution in [0.15, 0.2) is 96.4 Å². The van der Waals surface area contributed by atoms with E-state index < -0.39 is 10.0 Å². The third kappa shape index (κ3) is 5.67. The van der Waals surface area contributed by atoms with Crippen molar-refractivity contribution in [3.8, 4) is 0 Å². The van der Waals surface area contributed by atoms with E-state index >= 15 is 0 Å². The van der Waals surface area contributed by atoms with E-state index in [2.05, 4.69) is 15.0 Å². The molecule has 1 amide bonds. The van der Waals surface area contributed by atoms with Gasteiger partial charge in [0.15, 0.2) is 0 Å². The van der Waals surface area contributed by atoms with Crippen LogP contribution >= 0.6 is 0 Å². The number of hydrogen-bond acceptors (Lipinski definition) is 4. The molecular weight excluding hydrogens is 436 g/mol. The maximum atomic E-state index is 12.6. The Kier molecular flexibility index (Phi) is 6.55. The fourth-order valence-electron chi connectivity index (χ4n) is 3.36. The van der Waals surface area contributed by atoms with Crippen molar-refractivity contribution in [2.75, 3.05) is 4.72 Å². The number of amides is 1. The van der Waals surface area contributed by atoms with Crippen LogP contribution in [0.3, 0.4) is 0 Å². The number of anilines is 1. The average molecular weight is 461 g/mol. The van der Waals surface area contributed by atoms with Crippen molar-refractivity contribution in [1.82, 2.24) is 14.9 Å². The highest BCUT2D eigenvalue weighted by molar-refractivity contribution is 7.92. The zero-order chi connectivity index (χ0) is 23.3. The number of nitrogens with zero attached hydrogens (tertiary/aromatic N) is 2. The lowest BCUT2D eigenvalue weighted by Crippen LogP contribution is -2.23. The van der Waals surface area contributed by atoms with Crippen molar-refractivity contribution in [3.05, 3.63) is 114 Å². The van der Waals surface area contributed by atoms with Crippen molar-refractivity contribution in [3.63, 3.8) is 0 Å². The number of imidazole rings is 1. The Morgan fingerprint density at radius 3 is 2.30 bits per heavy atom. The maximum Gasteiger partial charge on any atom is 0.261 e. The minimum atomic E-state index is -3.74. The van der Waals surface area contributed by atoms with Crippen molar-refractivity contribution in [2.24, 2.45) is 0 Å². The summed E-state index contributed by atoms with van der Waals surface area (Å²) < 4.78 is 29.8. The number of benzene rings is 3. The van der Waals surface area contributed by atoms with Crippen molar-refractivity contribution in [1.29, 1.82) is 0 Å². The molecule has 8 heteroatoms. The molecule has 33 heavy (non-hydrogen) atoms. The van der Waals surface area contributed by atoms with Gasteiger partial charge in [-0.05, 0) is 54.4 Å². The average Bonchev–Trinajstić information content (AvgIpc) is 3.33. The van der Waals surface area contributed by atoms with Crippen LogP contribution in [0.2, 0.25) is 0 Å². The second kappa shape index (κ2) is 9.70. The first-order valence-electron chi connectivity index (χ1n) is 10.4. The number of nitrogens with one attached hydrogen (secondary N) is 2. The van der Waals surface area contributed by atoms with Gasteiger partial charge in [-0.2, -0.15) is 0 Å². The molecule has 0 saturated heterocycles. The van der Waals surface area contributed by atoms with Gasteiger partial charge in [-0.3, -0.25) is 9.52 Å². The van der Waals surface area contributed by atoms with Crippen LogP contribution in [0.25, 0.3) is 0 Å². The van der Waals surface area contributed by atoms with Crippen LogP contribution in [0, 0.1) is 6.92 Å². The van der Waals surface area contributed by atoms with Gasteiger partial charge in [-0.15, -0.1) is 0 Å². The monoisotopic (exact) mass is 460 g/mol. The first kappa shape index (κ1) is 22.3. The molecule has 0 unspecified atom stereocenters. The van der Waals surface area contributed by atoms with Gasteiger partial charge in [0.2, 0.25) is 0 Å². The van der Waals surface area contributed by atoms with E-state index in [1.807, 2.05) is 54.1 Å². The number of aryl methyl sites for hydroxylation is 1. The number of aromatic nitrogens is 2. The molecule has 7 nitrogen and oxygen atoms in total. The molecule has 1 heterocycles. The number of carbonyl (C=O) groups excluding carboxylic acids is 1. The second-order valence-corrected chi connectivity index (χ2v) is 9.36. The first-order valence-corrected chi connectivity index (χ1v) is 11.9. The fourth-order valence-corrected chi connectivity index (χ4v) is 4.42. The van der Waals surface area contributed by atoms with Crippen LogP contribution in [-0.4, -0.2) is 23.9 Å². The molecule has 0 bridgehead atoms. The van der Waals surface area contributed by atoms with Crippen LogP contribution in [0.4, 0.5) is 5.69 Å². The molecule has 0 aliphatic carbocycles. The van der Waals surface area contributed by atoms with Gasteiger partial charge < -0.3 is 9.88 Å². The minimum absolute atomic E-state index is 0.0882. The Balaban J connectivity index is 1.40. The molecular formula is C25H24N4O3S. The number of hydrogen-bond donors (Lipinski definition) is 2. The molecule has 4 aromatic rings. The molecule has 0 fully saturated rings. The summed E-state index contributed by atoms with van der Waals surface area (Å²) >= 11 is 0. The van der Waals surface area contributed by atoms with Crippen molar-refractivity contribution >= 4 is 21.6 Å². The van der Waals surface area contributed by atoms with Crippen molar-refractivity contribution < 1.29 is 13.2 Å². The molecule has 1 aromatic heterocycles. The van der Waals surface area contributed by atoms with Crippen LogP contribution in [-0.2, 0) is 23.1 Å². The molecule has 2 N–H and O–H groups in total. The Hall–Kier alpha value is -3.91. The highest BCUT2D eigenvalue weighted by Gasteiger charge is 2.15. The van der Waals surface area contributed by atoms with Gasteiger partial charge in [-0.25, -0.2) is 13.4 Å². The van der Waals surface area contributed by atoms with E-state index in [9.17, 15) is 13.2 Å².